The molecule has 0 amide bonds. The van der Waals surface area contributed by atoms with Crippen LogP contribution in [0.15, 0.2) is 18.7 Å². The Labute approximate surface area is 92.8 Å². The molecule has 1 aromatic rings. The Balaban J connectivity index is 3.31. The molecule has 1 nitrogen and oxygen atoms in total. The molecule has 1 aromatic carbocycles. The molecule has 1 N–H and O–H groups in total. The first-order valence-corrected chi connectivity index (χ1v) is 5.11. The number of benzene rings is 1. The summed E-state index contributed by atoms with van der Waals surface area (Å²) in [4.78, 5) is 0. The average Bonchev–Trinajstić information content (AvgIpc) is 1.97. The highest BCUT2D eigenvalue weighted by molar-refractivity contribution is 14.1. The van der Waals surface area contributed by atoms with Gasteiger partial charge in [0.2, 0.25) is 0 Å². The Morgan fingerprint density at radius 1 is 1.27 bits per heavy atom. The van der Waals surface area contributed by atoms with Crippen LogP contribution < -0.4 is 0 Å². The van der Waals surface area contributed by atoms with E-state index in [1.807, 2.05) is 6.07 Å². The van der Waals surface area contributed by atoms with Crippen molar-refractivity contribution in [1.29, 1.82) is 0 Å². The van der Waals surface area contributed by atoms with Crippen LogP contribution in [0.3, 0.4) is 0 Å². The average molecular weight is 372 g/mol. The third kappa shape index (κ3) is 2.08. The van der Waals surface area contributed by atoms with Crippen LogP contribution in [0.2, 0.25) is 0 Å². The molecule has 0 fully saturated rings. The summed E-state index contributed by atoms with van der Waals surface area (Å²) in [5.41, 5.74) is 0.975. The molecule has 0 aliphatic rings. The maximum Gasteiger partial charge on any atom is 0.129 e. The summed E-state index contributed by atoms with van der Waals surface area (Å²) in [7, 11) is 0. The molecule has 11 heavy (non-hydrogen) atoms. The van der Waals surface area contributed by atoms with Crippen LogP contribution in [-0.2, 0) is 0 Å². The first kappa shape index (κ1) is 9.31. The molecule has 0 aliphatic carbocycles. The predicted molar refractivity (Wildman–Crippen MR) is 63.6 cm³/mol. The first-order chi connectivity index (χ1) is 5.15. The quantitative estimate of drug-likeness (QED) is 0.751. The smallest absolute Gasteiger partial charge is 0.129 e. The Morgan fingerprint density at radius 2 is 1.91 bits per heavy atom. The van der Waals surface area contributed by atoms with Gasteiger partial charge in [0, 0.05) is 3.57 Å². The molecular weight excluding hydrogens is 366 g/mol. The zero-order valence-corrected chi connectivity index (χ0v) is 9.96. The Morgan fingerprint density at radius 3 is 2.45 bits per heavy atom. The maximum absolute atomic E-state index is 9.30. The maximum atomic E-state index is 9.30. The number of aromatic hydroxyl groups is 1. The Hall–Kier alpha value is 0.220. The molecule has 0 unspecified atom stereocenters. The van der Waals surface area contributed by atoms with E-state index in [0.717, 1.165) is 12.7 Å². The highest BCUT2D eigenvalue weighted by atomic mass is 127. The molecule has 0 aliphatic heterocycles. The predicted octanol–water partition coefficient (Wildman–Crippen LogP) is 3.24. The van der Waals surface area contributed by atoms with Crippen LogP contribution in [0.1, 0.15) is 5.56 Å². The third-order valence-electron chi connectivity index (χ3n) is 1.29. The molecule has 0 heterocycles. The number of phenols is 1. The van der Waals surface area contributed by atoms with Crippen LogP contribution in [0.25, 0.3) is 6.08 Å². The topological polar surface area (TPSA) is 20.2 Å². The van der Waals surface area contributed by atoms with E-state index in [4.69, 9.17) is 0 Å². The SMILES string of the molecule is C=Cc1cc(O)c(I)cc1I. The second-order valence-electron chi connectivity index (χ2n) is 2.03. The highest BCUT2D eigenvalue weighted by Gasteiger charge is 2.01. The lowest BCUT2D eigenvalue weighted by atomic mass is 10.2. The Kier molecular flexibility index (Phi) is 3.17. The van der Waals surface area contributed by atoms with Crippen LogP contribution in [0.4, 0.5) is 0 Å². The van der Waals surface area contributed by atoms with Crippen molar-refractivity contribution in [3.63, 3.8) is 0 Å². The van der Waals surface area contributed by atoms with E-state index < -0.39 is 0 Å². The van der Waals surface area contributed by atoms with Crippen LogP contribution in [0.5, 0.6) is 5.75 Å². The third-order valence-corrected chi connectivity index (χ3v) is 3.08. The Bertz CT molecular complexity index is 294. The van der Waals surface area contributed by atoms with E-state index in [2.05, 4.69) is 51.8 Å². The van der Waals surface area contributed by atoms with Gasteiger partial charge in [0.15, 0.2) is 0 Å². The van der Waals surface area contributed by atoms with Crippen LogP contribution in [0, 0.1) is 7.14 Å². The largest absolute Gasteiger partial charge is 0.507 e. The summed E-state index contributed by atoms with van der Waals surface area (Å²) in [5, 5.41) is 9.30. The van der Waals surface area contributed by atoms with Gasteiger partial charge in [-0.05, 0) is 62.9 Å². The molecule has 0 bridgehead atoms. The summed E-state index contributed by atoms with van der Waals surface area (Å²) in [6, 6.07) is 3.64. The van der Waals surface area contributed by atoms with Crippen LogP contribution >= 0.6 is 45.2 Å². The monoisotopic (exact) mass is 372 g/mol. The van der Waals surface area contributed by atoms with Crippen LogP contribution in [-0.4, -0.2) is 5.11 Å². The van der Waals surface area contributed by atoms with Gasteiger partial charge >= 0.3 is 0 Å². The molecule has 58 valence electrons. The zero-order chi connectivity index (χ0) is 8.43. The molecule has 3 heteroatoms. The molecule has 0 radical (unpaired) electrons. The van der Waals surface area contributed by atoms with Gasteiger partial charge in [-0.15, -0.1) is 0 Å². The van der Waals surface area contributed by atoms with Crippen molar-refractivity contribution in [1.82, 2.24) is 0 Å². The summed E-state index contributed by atoms with van der Waals surface area (Å²) in [5.74, 6) is 0.320. The molecule has 0 saturated heterocycles. The molecule has 0 atom stereocenters. The molecule has 0 spiro atoms. The van der Waals surface area contributed by atoms with Gasteiger partial charge in [0.25, 0.3) is 0 Å². The lowest BCUT2D eigenvalue weighted by molar-refractivity contribution is 0.471. The number of hydrogen-bond acceptors (Lipinski definition) is 1. The van der Waals surface area contributed by atoms with E-state index >= 15 is 0 Å². The van der Waals surface area contributed by atoms with E-state index in [0.29, 0.717) is 5.75 Å². The summed E-state index contributed by atoms with van der Waals surface area (Å²) in [6.45, 7) is 3.64. The fraction of sp³-hybridized carbons (Fsp3) is 0. The minimum absolute atomic E-state index is 0.320. The van der Waals surface area contributed by atoms with Crippen molar-refractivity contribution in [2.75, 3.05) is 0 Å². The zero-order valence-electron chi connectivity index (χ0n) is 5.64. The van der Waals surface area contributed by atoms with E-state index in [1.165, 1.54) is 0 Å². The molecule has 0 aromatic heterocycles. The first-order valence-electron chi connectivity index (χ1n) is 2.95. The lowest BCUT2D eigenvalue weighted by Crippen LogP contribution is -1.82. The van der Waals surface area contributed by atoms with E-state index in [-0.39, 0.29) is 0 Å². The van der Waals surface area contributed by atoms with Gasteiger partial charge in [-0.2, -0.15) is 0 Å². The standard InChI is InChI=1S/C8H6I2O/c1-2-5-3-8(11)7(10)4-6(5)9/h2-4,11H,1H2. The second-order valence-corrected chi connectivity index (χ2v) is 4.35. The van der Waals surface area contributed by atoms with Gasteiger partial charge < -0.3 is 5.11 Å². The minimum Gasteiger partial charge on any atom is -0.507 e. The van der Waals surface area contributed by atoms with Crippen molar-refractivity contribution < 1.29 is 5.11 Å². The summed E-state index contributed by atoms with van der Waals surface area (Å²) >= 11 is 4.31. The van der Waals surface area contributed by atoms with E-state index in [9.17, 15) is 5.11 Å². The summed E-state index contributed by atoms with van der Waals surface area (Å²) < 4.78 is 1.98. The number of phenolic OH excluding ortho intramolecular Hbond substituents is 1. The summed E-state index contributed by atoms with van der Waals surface area (Å²) in [6.07, 6.45) is 1.73. The molecular formula is C8H6I2O. The van der Waals surface area contributed by atoms with Gasteiger partial charge in [-0.3, -0.25) is 0 Å². The number of rotatable bonds is 1. The van der Waals surface area contributed by atoms with Crippen molar-refractivity contribution in [2.24, 2.45) is 0 Å². The van der Waals surface area contributed by atoms with Crippen molar-refractivity contribution in [2.45, 2.75) is 0 Å². The molecule has 1 rings (SSSR count). The fourth-order valence-corrected chi connectivity index (χ4v) is 2.46. The second kappa shape index (κ2) is 3.75. The van der Waals surface area contributed by atoms with Crippen molar-refractivity contribution >= 4 is 51.3 Å². The number of hydrogen-bond donors (Lipinski definition) is 1. The van der Waals surface area contributed by atoms with E-state index in [1.54, 1.807) is 12.1 Å². The molecule has 0 saturated carbocycles. The fourth-order valence-electron chi connectivity index (χ4n) is 0.710. The number of halogens is 2. The van der Waals surface area contributed by atoms with Gasteiger partial charge in [0.05, 0.1) is 3.57 Å². The van der Waals surface area contributed by atoms with Crippen molar-refractivity contribution in [3.05, 3.63) is 31.4 Å². The van der Waals surface area contributed by atoms with Gasteiger partial charge in [-0.1, -0.05) is 12.7 Å². The minimum atomic E-state index is 0.320. The van der Waals surface area contributed by atoms with Gasteiger partial charge in [0.1, 0.15) is 5.75 Å². The van der Waals surface area contributed by atoms with Crippen molar-refractivity contribution in [3.8, 4) is 5.75 Å². The van der Waals surface area contributed by atoms with Gasteiger partial charge in [-0.25, -0.2) is 0 Å². The highest BCUT2D eigenvalue weighted by Crippen LogP contribution is 2.25. The normalized spacial score (nSPS) is 9.64. The lowest BCUT2D eigenvalue weighted by Gasteiger charge is -2.01.